The molecule has 0 unspecified atom stereocenters. The molecule has 0 saturated heterocycles. The number of alkyl halides is 6. The lowest BCUT2D eigenvalue weighted by molar-refractivity contribution is -0.143. The number of hydrogen-bond donors (Lipinski definition) is 1. The first-order valence-corrected chi connectivity index (χ1v) is 12.3. The molecule has 2 aromatic carbocycles. The topological polar surface area (TPSA) is 106 Å². The number of aromatic nitrogens is 2. The van der Waals surface area contributed by atoms with Crippen LogP contribution in [0.25, 0.3) is 11.3 Å². The van der Waals surface area contributed by atoms with Gasteiger partial charge in [0.1, 0.15) is 0 Å². The molecule has 0 atom stereocenters. The zero-order valence-electron chi connectivity index (χ0n) is 16.8. The molecule has 0 amide bonds. The number of anilines is 1. The van der Waals surface area contributed by atoms with Crippen molar-refractivity contribution in [1.29, 1.82) is 0 Å². The number of hydrogen-bond acceptors (Lipinski definition) is 6. The SMILES string of the molecule is CS(=O)(=O)c1ccc(-c2cccc(NS(=O)(=O)c3cc(C(F)(F)F)cc(C(F)(F)F)c3)c2)nn1. The molecule has 0 aliphatic carbocycles. The molecule has 7 nitrogen and oxygen atoms in total. The average molecular weight is 525 g/mol. The van der Waals surface area contributed by atoms with E-state index in [1.807, 2.05) is 4.72 Å². The van der Waals surface area contributed by atoms with Gasteiger partial charge in [0.05, 0.1) is 21.7 Å². The summed E-state index contributed by atoms with van der Waals surface area (Å²) in [6.07, 6.45) is -9.52. The van der Waals surface area contributed by atoms with Crippen molar-refractivity contribution in [3.8, 4) is 11.3 Å². The Hall–Kier alpha value is -3.20. The van der Waals surface area contributed by atoms with Crippen LogP contribution in [0.5, 0.6) is 0 Å². The minimum Gasteiger partial charge on any atom is -0.280 e. The van der Waals surface area contributed by atoms with Crippen molar-refractivity contribution in [2.75, 3.05) is 11.0 Å². The highest BCUT2D eigenvalue weighted by Crippen LogP contribution is 2.37. The van der Waals surface area contributed by atoms with Crippen molar-refractivity contribution in [2.45, 2.75) is 22.3 Å². The molecular formula is C19H13F6N3O4S2. The van der Waals surface area contributed by atoms with E-state index < -0.39 is 48.2 Å². The van der Waals surface area contributed by atoms with Gasteiger partial charge in [-0.15, -0.1) is 10.2 Å². The van der Waals surface area contributed by atoms with Crippen molar-refractivity contribution in [3.63, 3.8) is 0 Å². The summed E-state index contributed by atoms with van der Waals surface area (Å²) in [7, 11) is -8.49. The molecule has 0 fully saturated rings. The van der Waals surface area contributed by atoms with E-state index in [0.29, 0.717) is 0 Å². The quantitative estimate of drug-likeness (QED) is 0.496. The zero-order valence-corrected chi connectivity index (χ0v) is 18.4. The van der Waals surface area contributed by atoms with Gasteiger partial charge in [-0.1, -0.05) is 12.1 Å². The highest BCUT2D eigenvalue weighted by atomic mass is 32.2. The number of nitrogens with zero attached hydrogens (tertiary/aromatic N) is 2. The van der Waals surface area contributed by atoms with Crippen LogP contribution in [-0.4, -0.2) is 33.3 Å². The van der Waals surface area contributed by atoms with Crippen molar-refractivity contribution < 1.29 is 43.2 Å². The fourth-order valence-corrected chi connectivity index (χ4v) is 4.33. The monoisotopic (exact) mass is 525 g/mol. The third-order valence-electron chi connectivity index (χ3n) is 4.30. The number of nitrogens with one attached hydrogen (secondary N) is 1. The fourth-order valence-electron chi connectivity index (χ4n) is 2.71. The Morgan fingerprint density at radius 3 is 1.82 bits per heavy atom. The lowest BCUT2D eigenvalue weighted by Crippen LogP contribution is -2.17. The van der Waals surface area contributed by atoms with Gasteiger partial charge in [-0.3, -0.25) is 4.72 Å². The molecule has 0 aliphatic rings. The maximum Gasteiger partial charge on any atom is 0.416 e. The zero-order chi connectivity index (χ0) is 25.5. The van der Waals surface area contributed by atoms with E-state index in [4.69, 9.17) is 0 Å². The van der Waals surface area contributed by atoms with Crippen LogP contribution in [-0.2, 0) is 32.2 Å². The molecule has 1 aromatic heterocycles. The molecule has 0 radical (unpaired) electrons. The molecule has 34 heavy (non-hydrogen) atoms. The number of benzene rings is 2. The summed E-state index contributed by atoms with van der Waals surface area (Å²) in [6, 6.07) is 7.65. The predicted octanol–water partition coefficient (Wildman–Crippen LogP) is 4.39. The Balaban J connectivity index is 1.99. The Labute approximate surface area is 189 Å². The van der Waals surface area contributed by atoms with Gasteiger partial charge in [0.25, 0.3) is 10.0 Å². The average Bonchev–Trinajstić information content (AvgIpc) is 2.71. The summed E-state index contributed by atoms with van der Waals surface area (Å²) in [5.41, 5.74) is -3.38. The normalized spacial score (nSPS) is 13.0. The second-order valence-corrected chi connectivity index (χ2v) is 10.6. The van der Waals surface area contributed by atoms with Crippen LogP contribution in [0.15, 0.2) is 64.5 Å². The molecule has 0 spiro atoms. The van der Waals surface area contributed by atoms with E-state index in [-0.39, 0.29) is 40.2 Å². The largest absolute Gasteiger partial charge is 0.416 e. The van der Waals surface area contributed by atoms with Gasteiger partial charge in [0.2, 0.25) is 0 Å². The van der Waals surface area contributed by atoms with Gasteiger partial charge in [-0.25, -0.2) is 16.8 Å². The van der Waals surface area contributed by atoms with Crippen molar-refractivity contribution >= 4 is 25.5 Å². The van der Waals surface area contributed by atoms with Crippen LogP contribution < -0.4 is 4.72 Å². The molecule has 0 saturated carbocycles. The molecule has 15 heteroatoms. The second-order valence-electron chi connectivity index (χ2n) is 6.96. The van der Waals surface area contributed by atoms with Gasteiger partial charge in [0, 0.05) is 17.5 Å². The maximum absolute atomic E-state index is 13.1. The lowest BCUT2D eigenvalue weighted by Gasteiger charge is -2.15. The molecule has 0 aliphatic heterocycles. The Morgan fingerprint density at radius 1 is 0.765 bits per heavy atom. The number of sulfone groups is 1. The molecule has 1 heterocycles. The predicted molar refractivity (Wildman–Crippen MR) is 108 cm³/mol. The van der Waals surface area contributed by atoms with E-state index in [9.17, 15) is 43.2 Å². The van der Waals surface area contributed by atoms with Crippen molar-refractivity contribution in [2.24, 2.45) is 0 Å². The van der Waals surface area contributed by atoms with Gasteiger partial charge < -0.3 is 0 Å². The lowest BCUT2D eigenvalue weighted by atomic mass is 10.1. The van der Waals surface area contributed by atoms with Crippen molar-refractivity contribution in [1.82, 2.24) is 10.2 Å². The molecular weight excluding hydrogens is 512 g/mol. The summed E-state index contributed by atoms with van der Waals surface area (Å²) >= 11 is 0. The van der Waals surface area contributed by atoms with Crippen LogP contribution in [0.2, 0.25) is 0 Å². The summed E-state index contributed by atoms with van der Waals surface area (Å²) in [5.74, 6) is 0. The van der Waals surface area contributed by atoms with E-state index in [1.54, 1.807) is 0 Å². The van der Waals surface area contributed by atoms with Crippen molar-refractivity contribution in [3.05, 3.63) is 65.7 Å². The first-order valence-electron chi connectivity index (χ1n) is 8.93. The Morgan fingerprint density at radius 2 is 1.35 bits per heavy atom. The third-order valence-corrected chi connectivity index (χ3v) is 6.64. The minimum atomic E-state index is -5.22. The van der Waals surface area contributed by atoms with E-state index in [2.05, 4.69) is 10.2 Å². The van der Waals surface area contributed by atoms with Gasteiger partial charge >= 0.3 is 12.4 Å². The first kappa shape index (κ1) is 25.4. The number of halogens is 6. The molecule has 1 N–H and O–H groups in total. The highest BCUT2D eigenvalue weighted by molar-refractivity contribution is 7.92. The van der Waals surface area contributed by atoms with Crippen LogP contribution in [0.3, 0.4) is 0 Å². The maximum atomic E-state index is 13.1. The summed E-state index contributed by atoms with van der Waals surface area (Å²) in [6.45, 7) is 0. The molecule has 3 aromatic rings. The van der Waals surface area contributed by atoms with Gasteiger partial charge in [-0.05, 0) is 42.5 Å². The third kappa shape index (κ3) is 5.83. The fraction of sp³-hybridized carbons (Fsp3) is 0.158. The van der Waals surface area contributed by atoms with Crippen LogP contribution in [0.1, 0.15) is 11.1 Å². The Bertz CT molecular complexity index is 1400. The minimum absolute atomic E-state index is 0.0941. The molecule has 3 rings (SSSR count). The molecule has 0 bridgehead atoms. The van der Waals surface area contributed by atoms with Crippen LogP contribution in [0.4, 0.5) is 32.0 Å². The van der Waals surface area contributed by atoms with Gasteiger partial charge in [0.15, 0.2) is 14.9 Å². The van der Waals surface area contributed by atoms with Gasteiger partial charge in [-0.2, -0.15) is 26.3 Å². The summed E-state index contributed by atoms with van der Waals surface area (Å²) in [5, 5.41) is 6.98. The van der Waals surface area contributed by atoms with Crippen LogP contribution >= 0.6 is 0 Å². The van der Waals surface area contributed by atoms with Crippen LogP contribution in [0, 0.1) is 0 Å². The van der Waals surface area contributed by atoms with E-state index >= 15 is 0 Å². The van der Waals surface area contributed by atoms with E-state index in [1.165, 1.54) is 30.3 Å². The standard InChI is InChI=1S/C19H13F6N3O4S2/c1-33(29,30)17-6-5-16(26-27-17)11-3-2-4-14(7-11)28-34(31,32)15-9-12(18(20,21)22)8-13(10-15)19(23,24)25/h2-10,28H,1H3. The summed E-state index contributed by atoms with van der Waals surface area (Å²) < 4.78 is 128. The van der Waals surface area contributed by atoms with E-state index in [0.717, 1.165) is 12.3 Å². The highest BCUT2D eigenvalue weighted by Gasteiger charge is 2.38. The Kier molecular flexibility index (Phi) is 6.39. The smallest absolute Gasteiger partial charge is 0.280 e. The second kappa shape index (κ2) is 8.54. The molecule has 182 valence electrons. The summed E-state index contributed by atoms with van der Waals surface area (Å²) in [4.78, 5) is -1.24. The number of sulfonamides is 1. The number of rotatable bonds is 5. The first-order chi connectivity index (χ1) is 15.5.